The summed E-state index contributed by atoms with van der Waals surface area (Å²) in [5.74, 6) is -0.0505. The van der Waals surface area contributed by atoms with E-state index in [2.05, 4.69) is 0 Å². The van der Waals surface area contributed by atoms with Gasteiger partial charge in [-0.2, -0.15) is 5.26 Å². The first kappa shape index (κ1) is 13.6. The molecule has 1 saturated heterocycles. The quantitative estimate of drug-likeness (QED) is 0.881. The van der Waals surface area contributed by atoms with Crippen LogP contribution in [0.25, 0.3) is 0 Å². The lowest BCUT2D eigenvalue weighted by atomic mass is 10.1. The van der Waals surface area contributed by atoms with Crippen LogP contribution >= 0.6 is 0 Å². The van der Waals surface area contributed by atoms with E-state index < -0.39 is 0 Å². The molecule has 0 radical (unpaired) electrons. The lowest BCUT2D eigenvalue weighted by molar-refractivity contribution is 0.0600. The van der Waals surface area contributed by atoms with Crippen molar-refractivity contribution in [3.63, 3.8) is 0 Å². The summed E-state index contributed by atoms with van der Waals surface area (Å²) >= 11 is 0. The fraction of sp³-hybridized carbons (Fsp3) is 0.467. The van der Waals surface area contributed by atoms with Gasteiger partial charge in [-0.05, 0) is 37.1 Å². The molecule has 1 heterocycles. The SMILES string of the molecule is N#Cc1ccc(C(=O)N2CCCCCC2CO)cc1. The predicted molar refractivity (Wildman–Crippen MR) is 71.5 cm³/mol. The molecular weight excluding hydrogens is 240 g/mol. The number of rotatable bonds is 2. The standard InChI is InChI=1S/C15H18N2O2/c16-10-12-5-7-13(8-6-12)15(19)17-9-3-1-2-4-14(17)11-18/h5-8,14,18H,1-4,9,11H2. The molecule has 100 valence electrons. The Kier molecular flexibility index (Phi) is 4.53. The van der Waals surface area contributed by atoms with Gasteiger partial charge in [0.1, 0.15) is 0 Å². The smallest absolute Gasteiger partial charge is 0.254 e. The number of hydrogen-bond donors (Lipinski definition) is 1. The highest BCUT2D eigenvalue weighted by Crippen LogP contribution is 2.19. The molecule has 2 rings (SSSR count). The summed E-state index contributed by atoms with van der Waals surface area (Å²) in [7, 11) is 0. The summed E-state index contributed by atoms with van der Waals surface area (Å²) in [6, 6.07) is 8.62. The third-order valence-electron chi connectivity index (χ3n) is 3.61. The number of likely N-dealkylation sites (tertiary alicyclic amines) is 1. The van der Waals surface area contributed by atoms with E-state index in [-0.39, 0.29) is 18.6 Å². The van der Waals surface area contributed by atoms with Gasteiger partial charge >= 0.3 is 0 Å². The highest BCUT2D eigenvalue weighted by molar-refractivity contribution is 5.94. The van der Waals surface area contributed by atoms with Gasteiger partial charge in [-0.3, -0.25) is 4.79 Å². The summed E-state index contributed by atoms with van der Waals surface area (Å²) < 4.78 is 0. The third kappa shape index (κ3) is 3.12. The van der Waals surface area contributed by atoms with E-state index in [1.54, 1.807) is 29.2 Å². The number of nitriles is 1. The second kappa shape index (κ2) is 6.35. The van der Waals surface area contributed by atoms with Gasteiger partial charge < -0.3 is 10.0 Å². The summed E-state index contributed by atoms with van der Waals surface area (Å²) in [6.07, 6.45) is 4.01. The van der Waals surface area contributed by atoms with Gasteiger partial charge in [0, 0.05) is 12.1 Å². The van der Waals surface area contributed by atoms with Gasteiger partial charge in [0.2, 0.25) is 0 Å². The van der Waals surface area contributed by atoms with Crippen molar-refractivity contribution in [2.45, 2.75) is 31.7 Å². The first-order valence-corrected chi connectivity index (χ1v) is 6.68. The number of amides is 1. The number of nitrogens with zero attached hydrogens (tertiary/aromatic N) is 2. The second-order valence-electron chi connectivity index (χ2n) is 4.87. The van der Waals surface area contributed by atoms with Crippen molar-refractivity contribution in [2.24, 2.45) is 0 Å². The maximum Gasteiger partial charge on any atom is 0.254 e. The Morgan fingerprint density at radius 1 is 1.32 bits per heavy atom. The zero-order chi connectivity index (χ0) is 13.7. The van der Waals surface area contributed by atoms with Crippen molar-refractivity contribution in [3.05, 3.63) is 35.4 Å². The molecule has 0 aliphatic carbocycles. The zero-order valence-corrected chi connectivity index (χ0v) is 10.9. The van der Waals surface area contributed by atoms with Crippen LogP contribution in [0.15, 0.2) is 24.3 Å². The van der Waals surface area contributed by atoms with Crippen molar-refractivity contribution in [1.29, 1.82) is 5.26 Å². The van der Waals surface area contributed by atoms with Crippen molar-refractivity contribution >= 4 is 5.91 Å². The molecule has 4 nitrogen and oxygen atoms in total. The molecule has 0 spiro atoms. The maximum atomic E-state index is 12.5. The molecule has 19 heavy (non-hydrogen) atoms. The molecule has 4 heteroatoms. The molecule has 0 saturated carbocycles. The Morgan fingerprint density at radius 3 is 2.68 bits per heavy atom. The third-order valence-corrected chi connectivity index (χ3v) is 3.61. The molecule has 1 N–H and O–H groups in total. The molecule has 0 aromatic heterocycles. The molecule has 1 aromatic carbocycles. The second-order valence-corrected chi connectivity index (χ2v) is 4.87. The van der Waals surface area contributed by atoms with Crippen LogP contribution in [-0.2, 0) is 0 Å². The van der Waals surface area contributed by atoms with Crippen LogP contribution in [0.2, 0.25) is 0 Å². The minimum Gasteiger partial charge on any atom is -0.394 e. The zero-order valence-electron chi connectivity index (χ0n) is 10.9. The monoisotopic (exact) mass is 258 g/mol. The predicted octanol–water partition coefficient (Wildman–Crippen LogP) is 1.94. The van der Waals surface area contributed by atoms with E-state index in [9.17, 15) is 9.90 Å². The summed E-state index contributed by atoms with van der Waals surface area (Å²) in [5.41, 5.74) is 1.13. The molecule has 1 unspecified atom stereocenters. The van der Waals surface area contributed by atoms with Crippen LogP contribution in [0.3, 0.4) is 0 Å². The van der Waals surface area contributed by atoms with E-state index in [4.69, 9.17) is 5.26 Å². The van der Waals surface area contributed by atoms with Gasteiger partial charge in [-0.1, -0.05) is 12.8 Å². The van der Waals surface area contributed by atoms with Crippen LogP contribution in [-0.4, -0.2) is 35.1 Å². The van der Waals surface area contributed by atoms with Crippen molar-refractivity contribution in [2.75, 3.05) is 13.2 Å². The molecule has 1 fully saturated rings. The summed E-state index contributed by atoms with van der Waals surface area (Å²) in [6.45, 7) is 0.714. The van der Waals surface area contributed by atoms with Gasteiger partial charge in [-0.25, -0.2) is 0 Å². The molecule has 1 aromatic rings. The average molecular weight is 258 g/mol. The Labute approximate surface area is 113 Å². The highest BCUT2D eigenvalue weighted by atomic mass is 16.3. The molecular formula is C15H18N2O2. The van der Waals surface area contributed by atoms with Gasteiger partial charge in [0.15, 0.2) is 0 Å². The fourth-order valence-electron chi connectivity index (χ4n) is 2.49. The Balaban J connectivity index is 2.18. The lowest BCUT2D eigenvalue weighted by Gasteiger charge is -2.28. The number of carbonyl (C=O) groups excluding carboxylic acids is 1. The highest BCUT2D eigenvalue weighted by Gasteiger charge is 2.25. The van der Waals surface area contributed by atoms with Crippen LogP contribution in [0.5, 0.6) is 0 Å². The van der Waals surface area contributed by atoms with Gasteiger partial charge in [0.25, 0.3) is 5.91 Å². The minimum absolute atomic E-state index is 0.0159. The number of aliphatic hydroxyl groups excluding tert-OH is 1. The van der Waals surface area contributed by atoms with E-state index in [1.807, 2.05) is 6.07 Å². The molecule has 1 amide bonds. The lowest BCUT2D eigenvalue weighted by Crippen LogP contribution is -2.42. The van der Waals surface area contributed by atoms with Crippen molar-refractivity contribution < 1.29 is 9.90 Å². The number of aliphatic hydroxyl groups is 1. The fourth-order valence-corrected chi connectivity index (χ4v) is 2.49. The first-order valence-electron chi connectivity index (χ1n) is 6.68. The Hall–Kier alpha value is -1.86. The average Bonchev–Trinajstić information content (AvgIpc) is 2.71. The maximum absolute atomic E-state index is 12.5. The van der Waals surface area contributed by atoms with E-state index >= 15 is 0 Å². The molecule has 1 aliphatic heterocycles. The van der Waals surface area contributed by atoms with E-state index in [0.29, 0.717) is 17.7 Å². The van der Waals surface area contributed by atoms with Crippen LogP contribution < -0.4 is 0 Å². The largest absolute Gasteiger partial charge is 0.394 e. The van der Waals surface area contributed by atoms with E-state index in [1.165, 1.54) is 0 Å². The molecule has 1 atom stereocenters. The Bertz CT molecular complexity index is 476. The van der Waals surface area contributed by atoms with Gasteiger partial charge in [0.05, 0.1) is 24.3 Å². The van der Waals surface area contributed by atoms with Crippen molar-refractivity contribution in [3.8, 4) is 6.07 Å². The number of benzene rings is 1. The topological polar surface area (TPSA) is 64.3 Å². The Morgan fingerprint density at radius 2 is 2.05 bits per heavy atom. The molecule has 1 aliphatic rings. The minimum atomic E-state index is -0.0781. The van der Waals surface area contributed by atoms with Crippen LogP contribution in [0, 0.1) is 11.3 Å². The van der Waals surface area contributed by atoms with E-state index in [0.717, 1.165) is 25.7 Å². The van der Waals surface area contributed by atoms with Gasteiger partial charge in [-0.15, -0.1) is 0 Å². The summed E-state index contributed by atoms with van der Waals surface area (Å²) in [4.78, 5) is 14.2. The summed E-state index contributed by atoms with van der Waals surface area (Å²) in [5, 5.41) is 18.2. The van der Waals surface area contributed by atoms with Crippen LogP contribution in [0.4, 0.5) is 0 Å². The number of carbonyl (C=O) groups is 1. The van der Waals surface area contributed by atoms with Crippen molar-refractivity contribution in [1.82, 2.24) is 4.90 Å². The molecule has 0 bridgehead atoms. The van der Waals surface area contributed by atoms with Crippen LogP contribution in [0.1, 0.15) is 41.6 Å². The number of hydrogen-bond acceptors (Lipinski definition) is 3. The first-order chi connectivity index (χ1) is 9.26. The normalized spacial score (nSPS) is 19.6.